The van der Waals surface area contributed by atoms with Crippen molar-refractivity contribution in [1.82, 2.24) is 5.32 Å². The van der Waals surface area contributed by atoms with Gasteiger partial charge in [0.2, 0.25) is 5.91 Å². The van der Waals surface area contributed by atoms with E-state index in [9.17, 15) is 14.7 Å². The van der Waals surface area contributed by atoms with Gasteiger partial charge in [0.25, 0.3) is 0 Å². The van der Waals surface area contributed by atoms with Crippen LogP contribution >= 0.6 is 0 Å². The Morgan fingerprint density at radius 3 is 2.62 bits per heavy atom. The molecule has 7 nitrogen and oxygen atoms in total. The smallest absolute Gasteiger partial charge is 0.328 e. The zero-order valence-electron chi connectivity index (χ0n) is 11.8. The average Bonchev–Trinajstić information content (AvgIpc) is 2.42. The van der Waals surface area contributed by atoms with Crippen LogP contribution in [0.5, 0.6) is 5.75 Å². The molecule has 0 radical (unpaired) electrons. The predicted octanol–water partition coefficient (Wildman–Crippen LogP) is 0.378. The van der Waals surface area contributed by atoms with Gasteiger partial charge in [-0.1, -0.05) is 12.1 Å². The molecule has 0 fully saturated rings. The van der Waals surface area contributed by atoms with Gasteiger partial charge in [-0.15, -0.1) is 0 Å². The topological polar surface area (TPSA) is 122 Å². The number of nitrogens with one attached hydrogen (secondary N) is 1. The molecular formula is C14H20N2O5. The maximum Gasteiger partial charge on any atom is 0.328 e. The molecular weight excluding hydrogens is 276 g/mol. The molecule has 1 aromatic rings. The second-order valence-corrected chi connectivity index (χ2v) is 4.61. The molecule has 21 heavy (non-hydrogen) atoms. The molecule has 0 saturated carbocycles. The number of benzene rings is 1. The Morgan fingerprint density at radius 2 is 2.05 bits per heavy atom. The summed E-state index contributed by atoms with van der Waals surface area (Å²) < 4.78 is 5.42. The van der Waals surface area contributed by atoms with Gasteiger partial charge in [-0.3, -0.25) is 4.79 Å². The van der Waals surface area contributed by atoms with Crippen LogP contribution in [0.25, 0.3) is 0 Å². The number of aliphatic hydroxyl groups excluding tert-OH is 1. The molecule has 5 N–H and O–H groups in total. The summed E-state index contributed by atoms with van der Waals surface area (Å²) in [5, 5.41) is 20.3. The molecule has 0 spiro atoms. The molecule has 0 heterocycles. The van der Waals surface area contributed by atoms with Gasteiger partial charge in [-0.2, -0.15) is 0 Å². The van der Waals surface area contributed by atoms with Gasteiger partial charge in [-0.05, 0) is 25.5 Å². The molecule has 1 aromatic carbocycles. The van der Waals surface area contributed by atoms with E-state index in [2.05, 4.69) is 5.32 Å². The van der Waals surface area contributed by atoms with Crippen LogP contribution in [0, 0.1) is 0 Å². The van der Waals surface area contributed by atoms with Crippen molar-refractivity contribution in [1.29, 1.82) is 0 Å². The van der Waals surface area contributed by atoms with Crippen molar-refractivity contribution >= 4 is 17.6 Å². The minimum atomic E-state index is -1.30. The van der Waals surface area contributed by atoms with Crippen LogP contribution in [0.15, 0.2) is 24.3 Å². The summed E-state index contributed by atoms with van der Waals surface area (Å²) in [7, 11) is 0. The largest absolute Gasteiger partial charge is 0.491 e. The maximum atomic E-state index is 11.6. The summed E-state index contributed by atoms with van der Waals surface area (Å²) in [6, 6.07) is 5.71. The Kier molecular flexibility index (Phi) is 6.48. The first kappa shape index (κ1) is 16.8. The van der Waals surface area contributed by atoms with Gasteiger partial charge in [0, 0.05) is 6.42 Å². The van der Waals surface area contributed by atoms with Crippen molar-refractivity contribution in [2.45, 2.75) is 31.9 Å². The van der Waals surface area contributed by atoms with Crippen LogP contribution < -0.4 is 15.8 Å². The molecule has 2 unspecified atom stereocenters. The van der Waals surface area contributed by atoms with Gasteiger partial charge in [-0.25, -0.2) is 4.79 Å². The van der Waals surface area contributed by atoms with Crippen molar-refractivity contribution in [3.63, 3.8) is 0 Å². The third-order valence-electron chi connectivity index (χ3n) is 2.79. The van der Waals surface area contributed by atoms with E-state index in [0.29, 0.717) is 17.9 Å². The molecule has 0 aliphatic carbocycles. The normalized spacial score (nSPS) is 13.2. The number of amides is 1. The first-order chi connectivity index (χ1) is 9.91. The molecule has 7 heteroatoms. The lowest BCUT2D eigenvalue weighted by Crippen LogP contribution is -2.47. The number of aliphatic hydroxyl groups is 1. The lowest BCUT2D eigenvalue weighted by molar-refractivity contribution is -0.144. The van der Waals surface area contributed by atoms with Crippen molar-refractivity contribution in [3.05, 3.63) is 24.3 Å². The molecule has 0 aliphatic heterocycles. The molecule has 0 aromatic heterocycles. The van der Waals surface area contributed by atoms with E-state index in [1.54, 1.807) is 24.3 Å². The molecule has 2 atom stereocenters. The number of hydrogen-bond donors (Lipinski definition) is 4. The summed E-state index contributed by atoms with van der Waals surface area (Å²) in [6.07, 6.45) is -0.651. The Morgan fingerprint density at radius 1 is 1.38 bits per heavy atom. The molecule has 0 bridgehead atoms. The van der Waals surface area contributed by atoms with Crippen LogP contribution in [-0.4, -0.2) is 40.8 Å². The van der Waals surface area contributed by atoms with Crippen LogP contribution in [0.1, 0.15) is 19.8 Å². The van der Waals surface area contributed by atoms with Crippen molar-refractivity contribution in [3.8, 4) is 5.75 Å². The summed E-state index contributed by atoms with van der Waals surface area (Å²) in [5.74, 6) is -1.18. The second kappa shape index (κ2) is 8.11. The Hall–Kier alpha value is -2.28. The monoisotopic (exact) mass is 296 g/mol. The highest BCUT2D eigenvalue weighted by Gasteiger charge is 2.24. The van der Waals surface area contributed by atoms with Gasteiger partial charge in [0.1, 0.15) is 5.75 Å². The zero-order chi connectivity index (χ0) is 15.8. The van der Waals surface area contributed by atoms with E-state index in [4.69, 9.17) is 15.6 Å². The van der Waals surface area contributed by atoms with Crippen LogP contribution in [0.2, 0.25) is 0 Å². The third-order valence-corrected chi connectivity index (χ3v) is 2.79. The highest BCUT2D eigenvalue weighted by molar-refractivity contribution is 5.83. The molecule has 0 saturated heterocycles. The minimum absolute atomic E-state index is 0.100. The van der Waals surface area contributed by atoms with Crippen molar-refractivity contribution < 1.29 is 24.5 Å². The summed E-state index contributed by atoms with van der Waals surface area (Å²) in [4.78, 5) is 22.4. The fourth-order valence-electron chi connectivity index (χ4n) is 1.66. The summed E-state index contributed by atoms with van der Waals surface area (Å²) >= 11 is 0. The first-order valence-corrected chi connectivity index (χ1v) is 6.59. The average molecular weight is 296 g/mol. The van der Waals surface area contributed by atoms with Gasteiger partial charge in [0.05, 0.1) is 18.4 Å². The highest BCUT2D eigenvalue weighted by atomic mass is 16.5. The van der Waals surface area contributed by atoms with Gasteiger partial charge < -0.3 is 26.0 Å². The number of ether oxygens (including phenoxy) is 1. The molecule has 1 amide bonds. The fraction of sp³-hybridized carbons (Fsp3) is 0.429. The van der Waals surface area contributed by atoms with Gasteiger partial charge >= 0.3 is 5.97 Å². The second-order valence-electron chi connectivity index (χ2n) is 4.61. The SMILES string of the molecule is CC(O)C(NC(=O)CCCOc1ccccc1N)C(=O)O. The predicted molar refractivity (Wildman–Crippen MR) is 76.8 cm³/mol. The number of carbonyl (C=O) groups excluding carboxylic acids is 1. The Balaban J connectivity index is 2.31. The Bertz CT molecular complexity index is 490. The van der Waals surface area contributed by atoms with Crippen LogP contribution in [0.4, 0.5) is 5.69 Å². The van der Waals surface area contributed by atoms with E-state index in [0.717, 1.165) is 0 Å². The Labute approximate surface area is 122 Å². The number of aliphatic carboxylic acids is 1. The van der Waals surface area contributed by atoms with Gasteiger partial charge in [0.15, 0.2) is 6.04 Å². The zero-order valence-corrected chi connectivity index (χ0v) is 11.8. The number of carboxylic acids is 1. The number of para-hydroxylation sites is 2. The number of carbonyl (C=O) groups is 2. The number of nitrogens with two attached hydrogens (primary N) is 1. The lowest BCUT2D eigenvalue weighted by Gasteiger charge is -2.17. The van der Waals surface area contributed by atoms with E-state index in [1.165, 1.54) is 6.92 Å². The van der Waals surface area contributed by atoms with Crippen LogP contribution in [0.3, 0.4) is 0 Å². The lowest BCUT2D eigenvalue weighted by atomic mass is 10.1. The first-order valence-electron chi connectivity index (χ1n) is 6.59. The molecule has 116 valence electrons. The van der Waals surface area contributed by atoms with Crippen LogP contribution in [-0.2, 0) is 9.59 Å². The van der Waals surface area contributed by atoms with E-state index in [1.807, 2.05) is 0 Å². The maximum absolute atomic E-state index is 11.6. The van der Waals surface area contributed by atoms with Crippen molar-refractivity contribution in [2.24, 2.45) is 0 Å². The number of anilines is 1. The third kappa shape index (κ3) is 5.70. The summed E-state index contributed by atoms with van der Waals surface area (Å²) in [6.45, 7) is 1.59. The highest BCUT2D eigenvalue weighted by Crippen LogP contribution is 2.19. The number of carboxylic acid groups (broad SMARTS) is 1. The van der Waals surface area contributed by atoms with E-state index >= 15 is 0 Å². The number of hydrogen-bond acceptors (Lipinski definition) is 5. The van der Waals surface area contributed by atoms with Crippen molar-refractivity contribution in [2.75, 3.05) is 12.3 Å². The number of rotatable bonds is 8. The fourth-order valence-corrected chi connectivity index (χ4v) is 1.66. The minimum Gasteiger partial charge on any atom is -0.491 e. The summed E-state index contributed by atoms with van der Waals surface area (Å²) in [5.41, 5.74) is 6.21. The molecule has 0 aliphatic rings. The standard InChI is InChI=1S/C14H20N2O5/c1-9(17)13(14(19)20)16-12(18)7-4-8-21-11-6-3-2-5-10(11)15/h2-3,5-6,9,13,17H,4,7-8,15H2,1H3,(H,16,18)(H,19,20). The molecule has 1 rings (SSSR count). The number of nitrogen functional groups attached to an aromatic ring is 1. The van der Waals surface area contributed by atoms with E-state index in [-0.39, 0.29) is 13.0 Å². The van der Waals surface area contributed by atoms with E-state index < -0.39 is 24.0 Å². The quantitative estimate of drug-likeness (QED) is 0.406.